The molecule has 2 aromatic carbocycles. The Morgan fingerprint density at radius 3 is 2.31 bits per heavy atom. The molecule has 2 amide bonds. The monoisotopic (exact) mass is 494 g/mol. The van der Waals surface area contributed by atoms with Crippen LogP contribution in [0.1, 0.15) is 49.8 Å². The summed E-state index contributed by atoms with van der Waals surface area (Å²) in [5.74, 6) is 0.762. The summed E-state index contributed by atoms with van der Waals surface area (Å²) in [7, 11) is 0. The van der Waals surface area contributed by atoms with Gasteiger partial charge >= 0.3 is 0 Å². The zero-order valence-corrected chi connectivity index (χ0v) is 21.3. The van der Waals surface area contributed by atoms with E-state index in [2.05, 4.69) is 43.4 Å². The largest absolute Gasteiger partial charge is 0.354 e. The van der Waals surface area contributed by atoms with Crippen molar-refractivity contribution in [1.29, 1.82) is 0 Å². The molecular formula is C25H32Cl2N2O2S. The molecule has 0 aliphatic carbocycles. The second kappa shape index (κ2) is 13.8. The van der Waals surface area contributed by atoms with Crippen LogP contribution in [0.2, 0.25) is 10.0 Å². The van der Waals surface area contributed by atoms with E-state index in [-0.39, 0.29) is 24.1 Å². The molecular weight excluding hydrogens is 463 g/mol. The van der Waals surface area contributed by atoms with Crippen molar-refractivity contribution < 1.29 is 9.59 Å². The molecule has 0 aromatic heterocycles. The highest BCUT2D eigenvalue weighted by atomic mass is 35.5. The zero-order valence-electron chi connectivity index (χ0n) is 19.0. The lowest BCUT2D eigenvalue weighted by Gasteiger charge is -2.31. The molecule has 0 fully saturated rings. The molecule has 0 saturated carbocycles. The number of hydrogen-bond acceptors (Lipinski definition) is 3. The average Bonchev–Trinajstić information content (AvgIpc) is 2.77. The van der Waals surface area contributed by atoms with Crippen molar-refractivity contribution in [2.45, 2.75) is 58.4 Å². The van der Waals surface area contributed by atoms with E-state index < -0.39 is 6.04 Å². The minimum atomic E-state index is -0.577. The molecule has 0 spiro atoms. The van der Waals surface area contributed by atoms with Crippen molar-refractivity contribution in [3.05, 3.63) is 69.2 Å². The van der Waals surface area contributed by atoms with Crippen LogP contribution in [-0.4, -0.2) is 35.1 Å². The number of carbonyl (C=O) groups excluding carboxylic acids is 2. The van der Waals surface area contributed by atoms with Crippen LogP contribution in [0.3, 0.4) is 0 Å². The van der Waals surface area contributed by atoms with Gasteiger partial charge in [0.05, 0.1) is 5.75 Å². The van der Waals surface area contributed by atoms with Gasteiger partial charge in [0.1, 0.15) is 6.04 Å². The molecule has 0 saturated heterocycles. The van der Waals surface area contributed by atoms with Crippen LogP contribution in [0, 0.1) is 6.92 Å². The summed E-state index contributed by atoms with van der Waals surface area (Å²) in [6.45, 7) is 6.83. The number of nitrogens with one attached hydrogen (secondary N) is 1. The number of amides is 2. The Kier molecular flexibility index (Phi) is 11.4. The molecule has 0 aliphatic heterocycles. The standard InChI is InChI=1S/C25H32Cl2N2O2S/c1-4-6-14-28-25(31)23(5-2)29(15-20-21(26)8-7-9-22(20)27)24(30)17-32-16-19-12-10-18(3)11-13-19/h7-13,23H,4-6,14-17H2,1-3H3,(H,28,31). The third kappa shape index (κ3) is 8.02. The molecule has 1 N–H and O–H groups in total. The molecule has 1 unspecified atom stereocenters. The predicted octanol–water partition coefficient (Wildman–Crippen LogP) is 6.26. The van der Waals surface area contributed by atoms with Crippen LogP contribution in [0.25, 0.3) is 0 Å². The highest BCUT2D eigenvalue weighted by Gasteiger charge is 2.29. The number of unbranched alkanes of at least 4 members (excludes halogenated alkanes) is 1. The third-order valence-electron chi connectivity index (χ3n) is 5.22. The first kappa shape index (κ1) is 26.6. The fourth-order valence-electron chi connectivity index (χ4n) is 3.30. The van der Waals surface area contributed by atoms with E-state index in [1.54, 1.807) is 23.1 Å². The Morgan fingerprint density at radius 2 is 1.72 bits per heavy atom. The summed E-state index contributed by atoms with van der Waals surface area (Å²) < 4.78 is 0. The zero-order chi connectivity index (χ0) is 23.5. The molecule has 0 radical (unpaired) electrons. The minimum Gasteiger partial charge on any atom is -0.354 e. The molecule has 2 aromatic rings. The van der Waals surface area contributed by atoms with E-state index in [0.29, 0.717) is 28.6 Å². The Labute approximate surface area is 206 Å². The number of aryl methyl sites for hydroxylation is 1. The van der Waals surface area contributed by atoms with Crippen LogP contribution in [0.15, 0.2) is 42.5 Å². The van der Waals surface area contributed by atoms with Crippen LogP contribution < -0.4 is 5.32 Å². The van der Waals surface area contributed by atoms with Crippen LogP contribution in [0.5, 0.6) is 0 Å². The molecule has 2 rings (SSSR count). The molecule has 1 atom stereocenters. The topological polar surface area (TPSA) is 49.4 Å². The highest BCUT2D eigenvalue weighted by molar-refractivity contribution is 7.99. The van der Waals surface area contributed by atoms with Crippen molar-refractivity contribution in [2.24, 2.45) is 0 Å². The lowest BCUT2D eigenvalue weighted by Crippen LogP contribution is -2.49. The normalized spacial score (nSPS) is 11.8. The van der Waals surface area contributed by atoms with E-state index in [0.717, 1.165) is 18.6 Å². The van der Waals surface area contributed by atoms with E-state index in [4.69, 9.17) is 23.2 Å². The molecule has 32 heavy (non-hydrogen) atoms. The van der Waals surface area contributed by atoms with Gasteiger partial charge in [-0.15, -0.1) is 11.8 Å². The van der Waals surface area contributed by atoms with E-state index in [1.165, 1.54) is 22.9 Å². The van der Waals surface area contributed by atoms with Crippen molar-refractivity contribution in [1.82, 2.24) is 10.2 Å². The number of hydrogen-bond donors (Lipinski definition) is 1. The number of halogens is 2. The lowest BCUT2D eigenvalue weighted by molar-refractivity contribution is -0.139. The van der Waals surface area contributed by atoms with Crippen molar-refractivity contribution in [3.63, 3.8) is 0 Å². The van der Waals surface area contributed by atoms with E-state index in [1.807, 2.05) is 6.92 Å². The van der Waals surface area contributed by atoms with Gasteiger partial charge < -0.3 is 10.2 Å². The van der Waals surface area contributed by atoms with Crippen molar-refractivity contribution >= 4 is 46.8 Å². The molecule has 7 heteroatoms. The molecule has 0 heterocycles. The summed E-state index contributed by atoms with van der Waals surface area (Å²) in [5, 5.41) is 3.95. The average molecular weight is 496 g/mol. The molecule has 4 nitrogen and oxygen atoms in total. The molecule has 0 bridgehead atoms. The summed E-state index contributed by atoms with van der Waals surface area (Å²) in [4.78, 5) is 27.8. The van der Waals surface area contributed by atoms with Gasteiger partial charge in [0.2, 0.25) is 11.8 Å². The Hall–Kier alpha value is -1.69. The maximum Gasteiger partial charge on any atom is 0.242 e. The van der Waals surface area contributed by atoms with Gasteiger partial charge in [-0.2, -0.15) is 0 Å². The van der Waals surface area contributed by atoms with Crippen LogP contribution in [0.4, 0.5) is 0 Å². The van der Waals surface area contributed by atoms with Gasteiger partial charge in [-0.3, -0.25) is 9.59 Å². The van der Waals surface area contributed by atoms with Gasteiger partial charge in [-0.25, -0.2) is 0 Å². The summed E-state index contributed by atoms with van der Waals surface area (Å²) in [6, 6.07) is 13.0. The first-order valence-electron chi connectivity index (χ1n) is 11.0. The Bertz CT molecular complexity index is 870. The maximum absolute atomic E-state index is 13.3. The van der Waals surface area contributed by atoms with Gasteiger partial charge in [0, 0.05) is 34.5 Å². The fraction of sp³-hybridized carbons (Fsp3) is 0.440. The number of benzene rings is 2. The number of rotatable bonds is 12. The van der Waals surface area contributed by atoms with E-state index in [9.17, 15) is 9.59 Å². The van der Waals surface area contributed by atoms with Gasteiger partial charge in [-0.1, -0.05) is 79.4 Å². The first-order valence-corrected chi connectivity index (χ1v) is 12.9. The smallest absolute Gasteiger partial charge is 0.242 e. The number of nitrogens with zero attached hydrogens (tertiary/aromatic N) is 1. The maximum atomic E-state index is 13.3. The highest BCUT2D eigenvalue weighted by Crippen LogP contribution is 2.27. The summed E-state index contributed by atoms with van der Waals surface area (Å²) >= 11 is 14.3. The van der Waals surface area contributed by atoms with Crippen LogP contribution in [-0.2, 0) is 21.9 Å². The van der Waals surface area contributed by atoms with Crippen LogP contribution >= 0.6 is 35.0 Å². The Morgan fingerprint density at radius 1 is 1.06 bits per heavy atom. The summed E-state index contributed by atoms with van der Waals surface area (Å²) in [6.07, 6.45) is 2.40. The molecule has 174 valence electrons. The quantitative estimate of drug-likeness (QED) is 0.354. The fourth-order valence-corrected chi connectivity index (χ4v) is 4.69. The second-order valence-electron chi connectivity index (χ2n) is 7.77. The van der Waals surface area contributed by atoms with Gasteiger partial charge in [-0.05, 0) is 37.5 Å². The van der Waals surface area contributed by atoms with E-state index >= 15 is 0 Å². The SMILES string of the molecule is CCCCNC(=O)C(CC)N(Cc1c(Cl)cccc1Cl)C(=O)CSCc1ccc(C)cc1. The van der Waals surface area contributed by atoms with Crippen molar-refractivity contribution in [3.8, 4) is 0 Å². The predicted molar refractivity (Wildman–Crippen MR) is 136 cm³/mol. The first-order chi connectivity index (χ1) is 15.4. The Balaban J connectivity index is 2.16. The lowest BCUT2D eigenvalue weighted by atomic mass is 10.1. The van der Waals surface area contributed by atoms with Crippen molar-refractivity contribution in [2.75, 3.05) is 12.3 Å². The minimum absolute atomic E-state index is 0.101. The third-order valence-corrected chi connectivity index (χ3v) is 6.92. The second-order valence-corrected chi connectivity index (χ2v) is 9.57. The summed E-state index contributed by atoms with van der Waals surface area (Å²) in [5.41, 5.74) is 3.03. The number of thioether (sulfide) groups is 1. The van der Waals surface area contributed by atoms with Gasteiger partial charge in [0.15, 0.2) is 0 Å². The van der Waals surface area contributed by atoms with Gasteiger partial charge in [0.25, 0.3) is 0 Å². The number of carbonyl (C=O) groups is 2. The molecule has 0 aliphatic rings.